The number of carbonyl (C=O) groups excluding carboxylic acids is 2. The maximum atomic E-state index is 14.4. The molecule has 1 aromatic heterocycles. The molecule has 0 saturated carbocycles. The van der Waals surface area contributed by atoms with Crippen molar-refractivity contribution in [3.8, 4) is 0 Å². The zero-order valence-corrected chi connectivity index (χ0v) is 18.8. The standard InChI is InChI=1S/C23H25F5N4O3/c1-13-10-32(18-5-4-16(23(26,27)28)20-15(18)3-2-7-29-20)11-17(13)30-19(33)9-14-6-8-31(21(34)35)12-22(14,24)25/h2-5,7,13-14,17H,6,8-12H2,1H3,(H,30,33)(H,34,35)/p-1/t13-,14?,17+/m1/s1. The summed E-state index contributed by atoms with van der Waals surface area (Å²) in [5.41, 5.74) is -0.451. The predicted molar refractivity (Wildman–Crippen MR) is 115 cm³/mol. The van der Waals surface area contributed by atoms with E-state index in [-0.39, 0.29) is 24.4 Å². The molecule has 0 spiro atoms. The third-order valence-electron chi connectivity index (χ3n) is 6.79. The molecule has 2 aliphatic heterocycles. The Labute approximate surface area is 197 Å². The molecule has 4 rings (SSSR count). The maximum Gasteiger partial charge on any atom is 0.418 e. The Bertz CT molecular complexity index is 1130. The molecule has 2 aromatic rings. The number of nitrogens with one attached hydrogen (secondary N) is 1. The average Bonchev–Trinajstić information content (AvgIpc) is 3.13. The SMILES string of the molecule is C[C@@H]1CN(c2ccc(C(F)(F)F)c3ncccc23)C[C@@H]1NC(=O)CC1CCN(C(=O)[O-])CC1(F)F. The van der Waals surface area contributed by atoms with Crippen molar-refractivity contribution in [1.29, 1.82) is 0 Å². The van der Waals surface area contributed by atoms with Gasteiger partial charge in [-0.1, -0.05) is 6.92 Å². The molecule has 2 amide bonds. The predicted octanol–water partition coefficient (Wildman–Crippen LogP) is 2.89. The van der Waals surface area contributed by atoms with Gasteiger partial charge >= 0.3 is 6.18 Å². The van der Waals surface area contributed by atoms with Gasteiger partial charge in [-0.3, -0.25) is 9.78 Å². The highest BCUT2D eigenvalue weighted by Gasteiger charge is 2.46. The first-order chi connectivity index (χ1) is 16.4. The van der Waals surface area contributed by atoms with Gasteiger partial charge in [0.25, 0.3) is 5.92 Å². The van der Waals surface area contributed by atoms with Crippen molar-refractivity contribution in [2.24, 2.45) is 11.8 Å². The largest absolute Gasteiger partial charge is 0.530 e. The van der Waals surface area contributed by atoms with Crippen LogP contribution in [0.25, 0.3) is 10.9 Å². The number of halogens is 5. The van der Waals surface area contributed by atoms with Crippen molar-refractivity contribution in [3.05, 3.63) is 36.0 Å². The van der Waals surface area contributed by atoms with E-state index in [0.717, 1.165) is 6.07 Å². The third-order valence-corrected chi connectivity index (χ3v) is 6.79. The van der Waals surface area contributed by atoms with Gasteiger partial charge in [0, 0.05) is 49.2 Å². The molecule has 2 aliphatic rings. The highest BCUT2D eigenvalue weighted by molar-refractivity contribution is 5.94. The summed E-state index contributed by atoms with van der Waals surface area (Å²) >= 11 is 0. The number of amides is 2. The number of anilines is 1. The lowest BCUT2D eigenvalue weighted by molar-refractivity contribution is -0.272. The molecule has 0 aliphatic carbocycles. The Kier molecular flexibility index (Phi) is 6.50. The van der Waals surface area contributed by atoms with Crippen LogP contribution >= 0.6 is 0 Å². The fourth-order valence-corrected chi connectivity index (χ4v) is 4.90. The monoisotopic (exact) mass is 499 g/mol. The van der Waals surface area contributed by atoms with Crippen LogP contribution < -0.4 is 15.3 Å². The molecular weight excluding hydrogens is 475 g/mol. The number of nitrogens with zero attached hydrogens (tertiary/aromatic N) is 3. The van der Waals surface area contributed by atoms with Gasteiger partial charge in [-0.15, -0.1) is 0 Å². The van der Waals surface area contributed by atoms with Crippen LogP contribution in [0.15, 0.2) is 30.5 Å². The summed E-state index contributed by atoms with van der Waals surface area (Å²) in [6.07, 6.45) is -5.54. The molecule has 12 heteroatoms. The van der Waals surface area contributed by atoms with Crippen molar-refractivity contribution < 1.29 is 36.6 Å². The first-order valence-corrected chi connectivity index (χ1v) is 11.2. The van der Waals surface area contributed by atoms with E-state index >= 15 is 0 Å². The Morgan fingerprint density at radius 2 is 1.97 bits per heavy atom. The second kappa shape index (κ2) is 9.12. The van der Waals surface area contributed by atoms with Gasteiger partial charge in [-0.25, -0.2) is 8.78 Å². The van der Waals surface area contributed by atoms with E-state index in [2.05, 4.69) is 10.3 Å². The second-order valence-electron chi connectivity index (χ2n) is 9.22. The van der Waals surface area contributed by atoms with Gasteiger partial charge in [0.05, 0.1) is 23.7 Å². The summed E-state index contributed by atoms with van der Waals surface area (Å²) in [4.78, 5) is 29.8. The van der Waals surface area contributed by atoms with Gasteiger partial charge in [-0.2, -0.15) is 13.2 Å². The molecule has 1 unspecified atom stereocenters. The van der Waals surface area contributed by atoms with E-state index in [1.165, 1.54) is 12.3 Å². The topological polar surface area (TPSA) is 88.6 Å². The minimum atomic E-state index is -4.56. The summed E-state index contributed by atoms with van der Waals surface area (Å²) in [6, 6.07) is 5.09. The van der Waals surface area contributed by atoms with E-state index in [1.807, 2.05) is 11.8 Å². The lowest BCUT2D eigenvalue weighted by atomic mass is 9.89. The fourth-order valence-electron chi connectivity index (χ4n) is 4.90. The van der Waals surface area contributed by atoms with Gasteiger partial charge in [0.15, 0.2) is 0 Å². The quantitative estimate of drug-likeness (QED) is 0.654. The molecule has 7 nitrogen and oxygen atoms in total. The van der Waals surface area contributed by atoms with Crippen molar-refractivity contribution in [2.45, 2.75) is 37.9 Å². The van der Waals surface area contributed by atoms with E-state index in [9.17, 15) is 36.6 Å². The zero-order valence-electron chi connectivity index (χ0n) is 18.8. The summed E-state index contributed by atoms with van der Waals surface area (Å²) in [6.45, 7) is 1.47. The first kappa shape index (κ1) is 24.9. The Balaban J connectivity index is 1.45. The molecule has 0 bridgehead atoms. The molecule has 190 valence electrons. The molecule has 35 heavy (non-hydrogen) atoms. The summed E-state index contributed by atoms with van der Waals surface area (Å²) in [5, 5.41) is 14.0. The molecule has 2 saturated heterocycles. The van der Waals surface area contributed by atoms with Crippen LogP contribution in [0.5, 0.6) is 0 Å². The minimum absolute atomic E-state index is 0.0894. The van der Waals surface area contributed by atoms with Crippen LogP contribution in [0.4, 0.5) is 32.4 Å². The number of aromatic nitrogens is 1. The van der Waals surface area contributed by atoms with Crippen molar-refractivity contribution in [3.63, 3.8) is 0 Å². The van der Waals surface area contributed by atoms with E-state index in [1.54, 1.807) is 12.1 Å². The van der Waals surface area contributed by atoms with Gasteiger partial charge < -0.3 is 25.0 Å². The molecule has 1 aromatic carbocycles. The Morgan fingerprint density at radius 3 is 2.63 bits per heavy atom. The first-order valence-electron chi connectivity index (χ1n) is 11.2. The summed E-state index contributed by atoms with van der Waals surface area (Å²) in [7, 11) is 0. The lowest BCUT2D eigenvalue weighted by Gasteiger charge is -2.39. The number of hydrogen-bond acceptors (Lipinski definition) is 5. The van der Waals surface area contributed by atoms with E-state index in [4.69, 9.17) is 0 Å². The molecule has 3 heterocycles. The number of benzene rings is 1. The number of rotatable bonds is 4. The molecule has 0 radical (unpaired) electrons. The smallest absolute Gasteiger partial charge is 0.418 e. The van der Waals surface area contributed by atoms with Gasteiger partial charge in [-0.05, 0) is 36.6 Å². The fraction of sp³-hybridized carbons (Fsp3) is 0.522. The van der Waals surface area contributed by atoms with E-state index < -0.39 is 54.6 Å². The van der Waals surface area contributed by atoms with Gasteiger partial charge in [0.2, 0.25) is 5.91 Å². The van der Waals surface area contributed by atoms with Crippen LogP contribution in [-0.2, 0) is 11.0 Å². The molecule has 3 atom stereocenters. The van der Waals surface area contributed by atoms with Crippen LogP contribution in [0, 0.1) is 11.8 Å². The average molecular weight is 499 g/mol. The Morgan fingerprint density at radius 1 is 1.23 bits per heavy atom. The van der Waals surface area contributed by atoms with E-state index in [0.29, 0.717) is 29.1 Å². The number of hydrogen-bond donors (Lipinski definition) is 1. The van der Waals surface area contributed by atoms with Crippen molar-refractivity contribution >= 4 is 28.6 Å². The lowest BCUT2D eigenvalue weighted by Crippen LogP contribution is -2.55. The second-order valence-corrected chi connectivity index (χ2v) is 9.22. The van der Waals surface area contributed by atoms with Crippen molar-refractivity contribution in [1.82, 2.24) is 15.2 Å². The van der Waals surface area contributed by atoms with Gasteiger partial charge in [0.1, 0.15) is 6.09 Å². The Hall–Kier alpha value is -3.18. The van der Waals surface area contributed by atoms with Crippen LogP contribution in [-0.4, -0.2) is 60.0 Å². The molecule has 1 N–H and O–H groups in total. The zero-order chi connectivity index (χ0) is 25.5. The number of likely N-dealkylation sites (tertiary alicyclic amines) is 1. The normalized spacial score (nSPS) is 24.6. The third kappa shape index (κ3) is 5.10. The number of piperidine rings is 1. The van der Waals surface area contributed by atoms with Crippen LogP contribution in [0.3, 0.4) is 0 Å². The molecule has 2 fully saturated rings. The summed E-state index contributed by atoms with van der Waals surface area (Å²) in [5.74, 6) is -5.31. The number of fused-ring (bicyclic) bond motifs is 1. The number of carboxylic acid groups (broad SMARTS) is 1. The highest BCUT2D eigenvalue weighted by atomic mass is 19.4. The number of alkyl halides is 5. The summed E-state index contributed by atoms with van der Waals surface area (Å²) < 4.78 is 69.0. The number of carbonyl (C=O) groups is 2. The molecular formula is C23H24F5N4O3-. The van der Waals surface area contributed by atoms with Crippen LogP contribution in [0.1, 0.15) is 25.3 Å². The maximum absolute atomic E-state index is 14.4. The minimum Gasteiger partial charge on any atom is -0.530 e. The van der Waals surface area contributed by atoms with Crippen LogP contribution in [0.2, 0.25) is 0 Å². The number of pyridine rings is 1. The highest BCUT2D eigenvalue weighted by Crippen LogP contribution is 2.39. The van der Waals surface area contributed by atoms with Crippen molar-refractivity contribution in [2.75, 3.05) is 31.1 Å².